The topological polar surface area (TPSA) is 129 Å². The summed E-state index contributed by atoms with van der Waals surface area (Å²) in [4.78, 5) is 13.1. The van der Waals surface area contributed by atoms with Crippen molar-refractivity contribution in [2.45, 2.75) is 36.6 Å². The number of rotatable bonds is 7. The Balaban J connectivity index is 1.55. The van der Waals surface area contributed by atoms with E-state index in [0.717, 1.165) is 24.1 Å². The third-order valence-electron chi connectivity index (χ3n) is 4.88. The van der Waals surface area contributed by atoms with Crippen LogP contribution in [0.5, 0.6) is 0 Å². The molecule has 1 aliphatic rings. The Morgan fingerprint density at radius 2 is 1.63 bits per heavy atom. The van der Waals surface area contributed by atoms with E-state index in [1.807, 2.05) is 18.2 Å². The molecule has 9 nitrogen and oxygen atoms in total. The Hall–Kier alpha value is -3.24. The summed E-state index contributed by atoms with van der Waals surface area (Å²) in [6, 6.07) is 11.7. The molecule has 2 aromatic heterocycles. The van der Waals surface area contributed by atoms with Crippen LogP contribution in [0.4, 0.5) is 17.5 Å². The lowest BCUT2D eigenvalue weighted by atomic mass is 10.2. The Morgan fingerprint density at radius 3 is 2.30 bits per heavy atom. The van der Waals surface area contributed by atoms with E-state index in [4.69, 9.17) is 4.55 Å². The van der Waals surface area contributed by atoms with Crippen LogP contribution in [0.2, 0.25) is 0 Å². The van der Waals surface area contributed by atoms with Crippen molar-refractivity contribution in [2.75, 3.05) is 16.2 Å². The molecule has 1 aromatic carbocycles. The SMILES string of the molecule is O=S(=O)(O)c1ccc(NNc2cc(-c3ccncc3)nc(NC3CCCC3)n2)cc1. The van der Waals surface area contributed by atoms with E-state index in [0.29, 0.717) is 23.5 Å². The summed E-state index contributed by atoms with van der Waals surface area (Å²) in [5.41, 5.74) is 8.28. The van der Waals surface area contributed by atoms with E-state index >= 15 is 0 Å². The van der Waals surface area contributed by atoms with Crippen LogP contribution in [0, 0.1) is 0 Å². The van der Waals surface area contributed by atoms with Gasteiger partial charge in [-0.15, -0.1) is 0 Å². The second-order valence-corrected chi connectivity index (χ2v) is 8.49. The van der Waals surface area contributed by atoms with Gasteiger partial charge in [0.2, 0.25) is 5.95 Å². The maximum Gasteiger partial charge on any atom is 0.294 e. The fraction of sp³-hybridized carbons (Fsp3) is 0.250. The van der Waals surface area contributed by atoms with Crippen LogP contribution in [0.15, 0.2) is 59.8 Å². The normalized spacial score (nSPS) is 14.4. The number of benzene rings is 1. The molecule has 10 heteroatoms. The van der Waals surface area contributed by atoms with Crippen molar-refractivity contribution < 1.29 is 13.0 Å². The first-order valence-corrected chi connectivity index (χ1v) is 11.1. The molecule has 0 bridgehead atoms. The zero-order valence-electron chi connectivity index (χ0n) is 16.1. The smallest absolute Gasteiger partial charge is 0.294 e. The average Bonchev–Trinajstić information content (AvgIpc) is 3.25. The monoisotopic (exact) mass is 426 g/mol. The number of hydrogen-bond acceptors (Lipinski definition) is 8. The highest BCUT2D eigenvalue weighted by molar-refractivity contribution is 7.85. The fourth-order valence-electron chi connectivity index (χ4n) is 3.35. The van der Waals surface area contributed by atoms with Gasteiger partial charge in [0.25, 0.3) is 10.1 Å². The van der Waals surface area contributed by atoms with Gasteiger partial charge in [-0.05, 0) is 49.2 Å². The van der Waals surface area contributed by atoms with Crippen molar-refractivity contribution in [2.24, 2.45) is 0 Å². The number of nitrogens with zero attached hydrogens (tertiary/aromatic N) is 3. The molecule has 1 saturated carbocycles. The van der Waals surface area contributed by atoms with E-state index in [2.05, 4.69) is 31.1 Å². The number of anilines is 3. The molecule has 1 fully saturated rings. The first kappa shape index (κ1) is 20.0. The lowest BCUT2D eigenvalue weighted by Gasteiger charge is -2.15. The highest BCUT2D eigenvalue weighted by Crippen LogP contribution is 2.25. The zero-order valence-corrected chi connectivity index (χ0v) is 16.9. The molecule has 0 unspecified atom stereocenters. The quantitative estimate of drug-likeness (QED) is 0.331. The Bertz CT molecular complexity index is 1100. The minimum atomic E-state index is -4.22. The summed E-state index contributed by atoms with van der Waals surface area (Å²) < 4.78 is 31.4. The Labute approximate surface area is 174 Å². The van der Waals surface area contributed by atoms with E-state index in [9.17, 15) is 8.42 Å². The summed E-state index contributed by atoms with van der Waals surface area (Å²) in [7, 11) is -4.22. The molecule has 0 radical (unpaired) electrons. The van der Waals surface area contributed by atoms with Crippen molar-refractivity contribution in [1.82, 2.24) is 15.0 Å². The summed E-state index contributed by atoms with van der Waals surface area (Å²) in [5.74, 6) is 1.10. The first-order valence-electron chi connectivity index (χ1n) is 9.63. The maximum atomic E-state index is 11.2. The Morgan fingerprint density at radius 1 is 0.933 bits per heavy atom. The first-order chi connectivity index (χ1) is 14.5. The summed E-state index contributed by atoms with van der Waals surface area (Å²) >= 11 is 0. The molecule has 4 N–H and O–H groups in total. The summed E-state index contributed by atoms with van der Waals surface area (Å²) in [6.07, 6.45) is 8.03. The molecular weight excluding hydrogens is 404 g/mol. The van der Waals surface area contributed by atoms with E-state index in [1.165, 1.54) is 25.0 Å². The van der Waals surface area contributed by atoms with Crippen LogP contribution >= 0.6 is 0 Å². The van der Waals surface area contributed by atoms with Crippen molar-refractivity contribution in [3.05, 3.63) is 54.9 Å². The summed E-state index contributed by atoms with van der Waals surface area (Å²) in [5, 5.41) is 3.41. The van der Waals surface area contributed by atoms with Gasteiger partial charge in [0.05, 0.1) is 16.3 Å². The van der Waals surface area contributed by atoms with Crippen molar-refractivity contribution >= 4 is 27.6 Å². The van der Waals surface area contributed by atoms with Gasteiger partial charge in [-0.25, -0.2) is 4.98 Å². The van der Waals surface area contributed by atoms with E-state index in [1.54, 1.807) is 24.5 Å². The molecule has 2 heterocycles. The van der Waals surface area contributed by atoms with Gasteiger partial charge < -0.3 is 5.32 Å². The molecular formula is C20H22N6O3S. The Kier molecular flexibility index (Phi) is 5.77. The maximum absolute atomic E-state index is 11.2. The van der Waals surface area contributed by atoms with Crippen LogP contribution in [0.25, 0.3) is 11.3 Å². The zero-order chi connectivity index (χ0) is 21.0. The third-order valence-corrected chi connectivity index (χ3v) is 5.75. The number of nitrogens with one attached hydrogen (secondary N) is 3. The van der Waals surface area contributed by atoms with E-state index < -0.39 is 10.1 Å². The van der Waals surface area contributed by atoms with Gasteiger partial charge in [0.15, 0.2) is 5.82 Å². The lowest BCUT2D eigenvalue weighted by Crippen LogP contribution is -2.18. The number of aromatic nitrogens is 3. The number of hydrazine groups is 1. The predicted molar refractivity (Wildman–Crippen MR) is 115 cm³/mol. The molecule has 0 amide bonds. The van der Waals surface area contributed by atoms with Crippen LogP contribution in [-0.4, -0.2) is 34.0 Å². The molecule has 0 saturated heterocycles. The predicted octanol–water partition coefficient (Wildman–Crippen LogP) is 3.58. The minimum absolute atomic E-state index is 0.168. The summed E-state index contributed by atoms with van der Waals surface area (Å²) in [6.45, 7) is 0. The van der Waals surface area contributed by atoms with Crippen molar-refractivity contribution in [3.63, 3.8) is 0 Å². The lowest BCUT2D eigenvalue weighted by molar-refractivity contribution is 0.483. The highest BCUT2D eigenvalue weighted by atomic mass is 32.2. The van der Waals surface area contributed by atoms with Gasteiger partial charge in [0, 0.05) is 30.1 Å². The largest absolute Gasteiger partial charge is 0.351 e. The fourth-order valence-corrected chi connectivity index (χ4v) is 3.83. The van der Waals surface area contributed by atoms with Gasteiger partial charge in [0.1, 0.15) is 0 Å². The third kappa shape index (κ3) is 5.02. The minimum Gasteiger partial charge on any atom is -0.351 e. The molecule has 1 aliphatic carbocycles. The second-order valence-electron chi connectivity index (χ2n) is 7.07. The van der Waals surface area contributed by atoms with Gasteiger partial charge in [-0.1, -0.05) is 12.8 Å². The highest BCUT2D eigenvalue weighted by Gasteiger charge is 2.17. The number of pyridine rings is 1. The van der Waals surface area contributed by atoms with Gasteiger partial charge >= 0.3 is 0 Å². The van der Waals surface area contributed by atoms with Crippen LogP contribution in [-0.2, 0) is 10.1 Å². The molecule has 156 valence electrons. The van der Waals surface area contributed by atoms with Crippen LogP contribution in [0.1, 0.15) is 25.7 Å². The van der Waals surface area contributed by atoms with Gasteiger partial charge in [-0.2, -0.15) is 13.4 Å². The number of hydrogen-bond donors (Lipinski definition) is 4. The van der Waals surface area contributed by atoms with Crippen LogP contribution in [0.3, 0.4) is 0 Å². The molecule has 30 heavy (non-hydrogen) atoms. The molecule has 0 atom stereocenters. The van der Waals surface area contributed by atoms with Crippen LogP contribution < -0.4 is 16.2 Å². The van der Waals surface area contributed by atoms with E-state index in [-0.39, 0.29) is 4.90 Å². The second kappa shape index (κ2) is 8.64. The molecule has 4 rings (SSSR count). The average molecular weight is 427 g/mol. The standard InChI is InChI=1S/C20H22N6O3S/c27-30(28,29)17-7-5-16(6-8-17)25-26-19-13-18(14-9-11-21-12-10-14)23-20(24-19)22-15-3-1-2-4-15/h5-13,15,25H,1-4H2,(H,27,28,29)(H2,22,23,24,26). The van der Waals surface area contributed by atoms with Crippen molar-refractivity contribution in [1.29, 1.82) is 0 Å². The molecule has 3 aromatic rings. The van der Waals surface area contributed by atoms with Crippen molar-refractivity contribution in [3.8, 4) is 11.3 Å². The van der Waals surface area contributed by atoms with Gasteiger partial charge in [-0.3, -0.25) is 20.4 Å². The molecule has 0 aliphatic heterocycles. The molecule has 0 spiro atoms.